The third-order valence-electron chi connectivity index (χ3n) is 3.48. The van der Waals surface area contributed by atoms with Crippen molar-refractivity contribution in [1.82, 2.24) is 10.2 Å². The molecule has 0 bridgehead atoms. The number of carbonyl (C=O) groups excluding carboxylic acids is 1. The second-order valence-corrected chi connectivity index (χ2v) is 5.63. The molecule has 0 aromatic rings. The van der Waals surface area contributed by atoms with Crippen molar-refractivity contribution in [3.8, 4) is 0 Å². The van der Waals surface area contributed by atoms with E-state index in [0.717, 1.165) is 6.54 Å². The lowest BCUT2D eigenvalue weighted by Gasteiger charge is -2.36. The van der Waals surface area contributed by atoms with Crippen LogP contribution >= 0.6 is 0 Å². The van der Waals surface area contributed by atoms with Crippen LogP contribution in [0.25, 0.3) is 0 Å². The predicted octanol–water partition coefficient (Wildman–Crippen LogP) is 1.79. The van der Waals surface area contributed by atoms with Crippen LogP contribution in [0.3, 0.4) is 0 Å². The number of hydrogen-bond acceptors (Lipinski definition) is 4. The van der Waals surface area contributed by atoms with Crippen molar-refractivity contribution in [2.45, 2.75) is 65.1 Å². The van der Waals surface area contributed by atoms with E-state index in [4.69, 9.17) is 4.74 Å². The molecule has 1 atom stereocenters. The Bertz CT molecular complexity index is 277. The van der Waals surface area contributed by atoms with Crippen LogP contribution in [0.1, 0.15) is 47.5 Å². The van der Waals surface area contributed by atoms with Crippen LogP contribution in [0, 0.1) is 0 Å². The number of esters is 1. The Labute approximate surface area is 111 Å². The van der Waals surface area contributed by atoms with Crippen LogP contribution in [0.5, 0.6) is 0 Å². The Morgan fingerprint density at radius 2 is 2.06 bits per heavy atom. The van der Waals surface area contributed by atoms with Gasteiger partial charge in [0.2, 0.25) is 0 Å². The van der Waals surface area contributed by atoms with Crippen LogP contribution in [0.15, 0.2) is 0 Å². The highest BCUT2D eigenvalue weighted by molar-refractivity contribution is 5.80. The molecular formula is C14H28N2O2. The first-order valence-electron chi connectivity index (χ1n) is 7.12. The second kappa shape index (κ2) is 6.53. The first-order valence-corrected chi connectivity index (χ1v) is 7.12. The molecule has 0 amide bonds. The fourth-order valence-corrected chi connectivity index (χ4v) is 2.20. The molecular weight excluding hydrogens is 228 g/mol. The van der Waals surface area contributed by atoms with Crippen molar-refractivity contribution in [3.05, 3.63) is 0 Å². The van der Waals surface area contributed by atoms with Gasteiger partial charge in [-0.3, -0.25) is 15.0 Å². The van der Waals surface area contributed by atoms with E-state index in [9.17, 15) is 4.79 Å². The van der Waals surface area contributed by atoms with Gasteiger partial charge in [-0.05, 0) is 47.1 Å². The number of nitrogens with one attached hydrogen (secondary N) is 1. The summed E-state index contributed by atoms with van der Waals surface area (Å²) < 4.78 is 5.23. The van der Waals surface area contributed by atoms with Crippen LogP contribution < -0.4 is 5.32 Å². The summed E-state index contributed by atoms with van der Waals surface area (Å²) in [6.07, 6.45) is 2.34. The van der Waals surface area contributed by atoms with E-state index in [-0.39, 0.29) is 5.97 Å². The topological polar surface area (TPSA) is 41.6 Å². The Morgan fingerprint density at radius 1 is 1.44 bits per heavy atom. The maximum absolute atomic E-state index is 12.2. The minimum Gasteiger partial charge on any atom is -0.465 e. The van der Waals surface area contributed by atoms with E-state index in [1.54, 1.807) is 0 Å². The van der Waals surface area contributed by atoms with E-state index in [1.807, 2.05) is 13.8 Å². The summed E-state index contributed by atoms with van der Waals surface area (Å²) in [5.41, 5.74) is -0.586. The van der Waals surface area contributed by atoms with Crippen molar-refractivity contribution < 1.29 is 9.53 Å². The average molecular weight is 256 g/mol. The molecule has 1 unspecified atom stereocenters. The Hall–Kier alpha value is -0.610. The smallest absolute Gasteiger partial charge is 0.327 e. The summed E-state index contributed by atoms with van der Waals surface area (Å²) in [5, 5.41) is 3.46. The zero-order valence-corrected chi connectivity index (χ0v) is 12.5. The van der Waals surface area contributed by atoms with E-state index in [0.29, 0.717) is 25.2 Å². The summed E-state index contributed by atoms with van der Waals surface area (Å²) in [5.74, 6) is -0.129. The van der Waals surface area contributed by atoms with Gasteiger partial charge in [-0.25, -0.2) is 0 Å². The van der Waals surface area contributed by atoms with Gasteiger partial charge in [-0.2, -0.15) is 0 Å². The normalized spacial score (nSPS) is 19.1. The first-order chi connectivity index (χ1) is 8.42. The van der Waals surface area contributed by atoms with Crippen molar-refractivity contribution in [1.29, 1.82) is 0 Å². The van der Waals surface area contributed by atoms with Gasteiger partial charge in [0, 0.05) is 18.6 Å². The molecule has 0 aliphatic heterocycles. The first kappa shape index (κ1) is 15.4. The highest BCUT2D eigenvalue weighted by atomic mass is 16.5. The molecule has 0 radical (unpaired) electrons. The van der Waals surface area contributed by atoms with Crippen LogP contribution in [-0.2, 0) is 9.53 Å². The van der Waals surface area contributed by atoms with Gasteiger partial charge in [0.1, 0.15) is 5.54 Å². The molecule has 1 saturated carbocycles. The lowest BCUT2D eigenvalue weighted by molar-refractivity contribution is -0.151. The van der Waals surface area contributed by atoms with Gasteiger partial charge in [0.25, 0.3) is 0 Å². The lowest BCUT2D eigenvalue weighted by atomic mass is 10.0. The Morgan fingerprint density at radius 3 is 2.44 bits per heavy atom. The SMILES string of the molecule is CCOC(=O)C(C)(CN(CC)C(C)C)NC1CC1. The Balaban J connectivity index is 2.71. The molecule has 0 heterocycles. The number of hydrogen-bond donors (Lipinski definition) is 1. The highest BCUT2D eigenvalue weighted by Gasteiger charge is 2.41. The number of likely N-dealkylation sites (N-methyl/N-ethyl adjacent to an activating group) is 1. The molecule has 1 N–H and O–H groups in total. The molecule has 1 fully saturated rings. The van der Waals surface area contributed by atoms with Gasteiger partial charge in [-0.15, -0.1) is 0 Å². The molecule has 4 heteroatoms. The zero-order chi connectivity index (χ0) is 13.8. The van der Waals surface area contributed by atoms with E-state index in [2.05, 4.69) is 31.0 Å². The van der Waals surface area contributed by atoms with Gasteiger partial charge < -0.3 is 4.74 Å². The third-order valence-corrected chi connectivity index (χ3v) is 3.48. The van der Waals surface area contributed by atoms with Crippen molar-refractivity contribution in [2.24, 2.45) is 0 Å². The fourth-order valence-electron chi connectivity index (χ4n) is 2.20. The molecule has 4 nitrogen and oxygen atoms in total. The number of ether oxygens (including phenoxy) is 1. The summed E-state index contributed by atoms with van der Waals surface area (Å²) in [6, 6.07) is 0.926. The minimum atomic E-state index is -0.586. The van der Waals surface area contributed by atoms with Crippen LogP contribution in [0.2, 0.25) is 0 Å². The standard InChI is InChI=1S/C14H28N2O2/c1-6-16(11(3)4)10-14(5,13(17)18-7-2)15-12-8-9-12/h11-12,15H,6-10H2,1-5H3. The van der Waals surface area contributed by atoms with Crippen LogP contribution in [-0.4, -0.2) is 48.2 Å². The molecule has 0 aromatic carbocycles. The van der Waals surface area contributed by atoms with E-state index in [1.165, 1.54) is 12.8 Å². The maximum atomic E-state index is 12.2. The second-order valence-electron chi connectivity index (χ2n) is 5.63. The van der Waals surface area contributed by atoms with Crippen molar-refractivity contribution in [2.75, 3.05) is 19.7 Å². The summed E-state index contributed by atoms with van der Waals surface area (Å²) in [4.78, 5) is 14.5. The molecule has 18 heavy (non-hydrogen) atoms. The molecule has 1 rings (SSSR count). The fraction of sp³-hybridized carbons (Fsp3) is 0.929. The quantitative estimate of drug-likeness (QED) is 0.672. The van der Waals surface area contributed by atoms with Gasteiger partial charge in [-0.1, -0.05) is 6.92 Å². The number of rotatable bonds is 8. The van der Waals surface area contributed by atoms with Gasteiger partial charge >= 0.3 is 5.97 Å². The van der Waals surface area contributed by atoms with Crippen LogP contribution in [0.4, 0.5) is 0 Å². The largest absolute Gasteiger partial charge is 0.465 e. The molecule has 1 aliphatic carbocycles. The number of nitrogens with zero attached hydrogens (tertiary/aromatic N) is 1. The van der Waals surface area contributed by atoms with Gasteiger partial charge in [0.05, 0.1) is 6.61 Å². The maximum Gasteiger partial charge on any atom is 0.327 e. The monoisotopic (exact) mass is 256 g/mol. The van der Waals surface area contributed by atoms with Crippen molar-refractivity contribution in [3.63, 3.8) is 0 Å². The molecule has 1 aliphatic rings. The lowest BCUT2D eigenvalue weighted by Crippen LogP contribution is -2.59. The summed E-state index contributed by atoms with van der Waals surface area (Å²) in [6.45, 7) is 12.4. The highest BCUT2D eigenvalue weighted by Crippen LogP contribution is 2.24. The summed E-state index contributed by atoms with van der Waals surface area (Å²) in [7, 11) is 0. The molecule has 0 saturated heterocycles. The third kappa shape index (κ3) is 4.25. The molecule has 0 aromatic heterocycles. The minimum absolute atomic E-state index is 0.129. The summed E-state index contributed by atoms with van der Waals surface area (Å²) >= 11 is 0. The van der Waals surface area contributed by atoms with Crippen molar-refractivity contribution >= 4 is 5.97 Å². The predicted molar refractivity (Wildman–Crippen MR) is 73.6 cm³/mol. The van der Waals surface area contributed by atoms with E-state index < -0.39 is 5.54 Å². The van der Waals surface area contributed by atoms with E-state index >= 15 is 0 Å². The molecule has 106 valence electrons. The average Bonchev–Trinajstić information content (AvgIpc) is 3.09. The van der Waals surface area contributed by atoms with Gasteiger partial charge in [0.15, 0.2) is 0 Å². The molecule has 0 spiro atoms. The Kier molecular flexibility index (Phi) is 5.60. The zero-order valence-electron chi connectivity index (χ0n) is 12.5. The number of carbonyl (C=O) groups is 1.